The Morgan fingerprint density at radius 3 is 0.984 bits per heavy atom. The highest BCUT2D eigenvalue weighted by atomic mass is 16.3. The van der Waals surface area contributed by atoms with Crippen molar-refractivity contribution < 1.29 is 25.2 Å². The van der Waals surface area contributed by atoms with Gasteiger partial charge in [0.15, 0.2) is 0 Å². The third-order valence-electron chi connectivity index (χ3n) is 13.2. The number of nitrogens with one attached hydrogen (secondary N) is 1. The number of aliphatic hydroxyl groups excluding tert-OH is 4. The maximum atomic E-state index is 12.5. The number of unbranched alkanes of at least 4 members (excludes halogenated alkanes) is 40. The van der Waals surface area contributed by atoms with Crippen molar-refractivity contribution in [3.05, 3.63) is 12.2 Å². The van der Waals surface area contributed by atoms with Crippen molar-refractivity contribution in [3.8, 4) is 0 Å². The molecule has 364 valence electrons. The summed E-state index contributed by atoms with van der Waals surface area (Å²) in [6.45, 7) is 4.07. The third kappa shape index (κ3) is 44.1. The van der Waals surface area contributed by atoms with Crippen molar-refractivity contribution in [2.45, 2.75) is 327 Å². The Hall–Kier alpha value is -0.950. The van der Waals surface area contributed by atoms with Crippen LogP contribution in [0.4, 0.5) is 0 Å². The summed E-state index contributed by atoms with van der Waals surface area (Å²) in [5, 5.41) is 43.8. The van der Waals surface area contributed by atoms with Crippen LogP contribution >= 0.6 is 0 Å². The Bertz CT molecular complexity index is 882. The number of amides is 1. The van der Waals surface area contributed by atoms with Crippen LogP contribution < -0.4 is 5.32 Å². The van der Waals surface area contributed by atoms with Gasteiger partial charge in [-0.1, -0.05) is 276 Å². The van der Waals surface area contributed by atoms with Crippen molar-refractivity contribution >= 4 is 5.91 Å². The predicted octanol–water partition coefficient (Wildman–Crippen LogP) is 15.7. The zero-order valence-electron chi connectivity index (χ0n) is 41.2. The summed E-state index contributed by atoms with van der Waals surface area (Å²) < 4.78 is 0. The molecule has 0 aromatic heterocycles. The van der Waals surface area contributed by atoms with E-state index in [1.807, 2.05) is 0 Å². The number of hydrogen-bond donors (Lipinski definition) is 5. The van der Waals surface area contributed by atoms with Crippen LogP contribution in [-0.2, 0) is 4.79 Å². The summed E-state index contributed by atoms with van der Waals surface area (Å²) >= 11 is 0. The van der Waals surface area contributed by atoms with E-state index in [1.165, 1.54) is 238 Å². The van der Waals surface area contributed by atoms with Gasteiger partial charge >= 0.3 is 0 Å². The molecule has 0 aliphatic heterocycles. The summed E-state index contributed by atoms with van der Waals surface area (Å²) in [4.78, 5) is 12.5. The summed E-state index contributed by atoms with van der Waals surface area (Å²) in [5.74, 6) is -0.589. The molecule has 0 fully saturated rings. The number of allylic oxidation sites excluding steroid dienone is 2. The highest BCUT2D eigenvalue weighted by Crippen LogP contribution is 2.18. The van der Waals surface area contributed by atoms with Crippen molar-refractivity contribution in [1.82, 2.24) is 5.32 Å². The molecular formula is C55H109NO5. The lowest BCUT2D eigenvalue weighted by atomic mass is 10.00. The Morgan fingerprint density at radius 2 is 0.672 bits per heavy atom. The second kappa shape index (κ2) is 50.1. The van der Waals surface area contributed by atoms with Crippen molar-refractivity contribution in [3.63, 3.8) is 0 Å². The largest absolute Gasteiger partial charge is 0.394 e. The van der Waals surface area contributed by atoms with Gasteiger partial charge in [-0.25, -0.2) is 0 Å². The van der Waals surface area contributed by atoms with E-state index in [9.17, 15) is 25.2 Å². The van der Waals surface area contributed by atoms with Crippen LogP contribution in [0.1, 0.15) is 303 Å². The van der Waals surface area contributed by atoms with E-state index in [2.05, 4.69) is 31.3 Å². The quantitative estimate of drug-likeness (QED) is 0.0309. The molecule has 0 aromatic rings. The monoisotopic (exact) mass is 864 g/mol. The lowest BCUT2D eigenvalue weighted by Crippen LogP contribution is -2.53. The first-order chi connectivity index (χ1) is 30.0. The smallest absolute Gasteiger partial charge is 0.249 e. The van der Waals surface area contributed by atoms with Gasteiger partial charge in [-0.05, 0) is 38.5 Å². The SMILES string of the molecule is CCCCCCCCCCCCCCCCCCCCCCCCCCCC/C=C/CCCC(O)C(O)C(CO)NC(=O)C(O)CCCCCCCCCCCCCCCC. The van der Waals surface area contributed by atoms with Gasteiger partial charge in [-0.15, -0.1) is 0 Å². The van der Waals surface area contributed by atoms with Crippen molar-refractivity contribution in [1.29, 1.82) is 0 Å². The van der Waals surface area contributed by atoms with Crippen molar-refractivity contribution in [2.75, 3.05) is 6.61 Å². The number of carbonyl (C=O) groups is 1. The van der Waals surface area contributed by atoms with E-state index in [1.54, 1.807) is 0 Å². The minimum absolute atomic E-state index is 0.368. The first kappa shape index (κ1) is 60.1. The molecule has 0 aliphatic rings. The minimum atomic E-state index is -1.28. The molecule has 61 heavy (non-hydrogen) atoms. The normalized spacial score (nSPS) is 13.9. The van der Waals surface area contributed by atoms with Crippen LogP contribution in [0.5, 0.6) is 0 Å². The summed E-state index contributed by atoms with van der Waals surface area (Å²) in [5.41, 5.74) is 0. The molecule has 5 N–H and O–H groups in total. The van der Waals surface area contributed by atoms with Gasteiger partial charge in [0.2, 0.25) is 5.91 Å². The predicted molar refractivity (Wildman–Crippen MR) is 265 cm³/mol. The van der Waals surface area contributed by atoms with Crippen molar-refractivity contribution in [2.24, 2.45) is 0 Å². The Labute approximate surface area is 381 Å². The fraction of sp³-hybridized carbons (Fsp3) is 0.945. The molecule has 0 spiro atoms. The van der Waals surface area contributed by atoms with E-state index >= 15 is 0 Å². The van der Waals surface area contributed by atoms with E-state index in [0.29, 0.717) is 12.8 Å². The molecular weight excluding hydrogens is 755 g/mol. The van der Waals surface area contributed by atoms with Gasteiger partial charge in [-0.2, -0.15) is 0 Å². The van der Waals surface area contributed by atoms with E-state index < -0.39 is 36.9 Å². The van der Waals surface area contributed by atoms with Crippen LogP contribution in [0, 0.1) is 0 Å². The first-order valence-electron chi connectivity index (χ1n) is 27.6. The Kier molecular flexibility index (Phi) is 49.3. The van der Waals surface area contributed by atoms with Gasteiger partial charge in [0.25, 0.3) is 0 Å². The molecule has 6 nitrogen and oxygen atoms in total. The molecule has 6 heteroatoms. The maximum Gasteiger partial charge on any atom is 0.249 e. The molecule has 0 saturated heterocycles. The van der Waals surface area contributed by atoms with Crippen LogP contribution in [0.25, 0.3) is 0 Å². The molecule has 0 radical (unpaired) electrons. The highest BCUT2D eigenvalue weighted by Gasteiger charge is 2.28. The standard InChI is InChI=1S/C55H109NO5/c1-3-5-7-9-11-13-15-17-19-20-21-22-23-24-25-26-27-28-29-30-31-32-33-34-35-37-38-40-42-44-46-48-52(58)54(60)51(50-57)56-55(61)53(59)49-47-45-43-41-39-36-18-16-14-12-10-8-6-4-2/h40,42,51-54,57-60H,3-39,41,43-50H2,1-2H3,(H,56,61)/b42-40+. The molecule has 0 aromatic carbocycles. The highest BCUT2D eigenvalue weighted by molar-refractivity contribution is 5.80. The van der Waals surface area contributed by atoms with Gasteiger partial charge in [0.1, 0.15) is 12.2 Å². The average Bonchev–Trinajstić information content (AvgIpc) is 3.26. The molecule has 0 rings (SSSR count). The van der Waals surface area contributed by atoms with Gasteiger partial charge < -0.3 is 25.7 Å². The average molecular weight is 864 g/mol. The molecule has 0 bridgehead atoms. The molecule has 0 heterocycles. The fourth-order valence-corrected chi connectivity index (χ4v) is 8.88. The molecule has 4 atom stereocenters. The summed E-state index contributed by atoms with van der Waals surface area (Å²) in [6, 6.07) is -0.998. The van der Waals surface area contributed by atoms with Crippen LogP contribution in [-0.4, -0.2) is 57.3 Å². The van der Waals surface area contributed by atoms with E-state index in [0.717, 1.165) is 38.5 Å². The fourth-order valence-electron chi connectivity index (χ4n) is 8.88. The van der Waals surface area contributed by atoms with Crippen LogP contribution in [0.3, 0.4) is 0 Å². The number of rotatable bonds is 51. The lowest BCUT2D eigenvalue weighted by Gasteiger charge is -2.27. The minimum Gasteiger partial charge on any atom is -0.394 e. The molecule has 0 aliphatic carbocycles. The lowest BCUT2D eigenvalue weighted by molar-refractivity contribution is -0.132. The molecule has 4 unspecified atom stereocenters. The van der Waals surface area contributed by atoms with E-state index in [-0.39, 0.29) is 0 Å². The molecule has 0 saturated carbocycles. The second-order valence-corrected chi connectivity index (χ2v) is 19.3. The number of carbonyl (C=O) groups excluding carboxylic acids is 1. The summed E-state index contributed by atoms with van der Waals surface area (Å²) in [7, 11) is 0. The number of aliphatic hydroxyl groups is 4. The van der Waals surface area contributed by atoms with Crippen LogP contribution in [0.2, 0.25) is 0 Å². The molecule has 1 amide bonds. The van der Waals surface area contributed by atoms with E-state index in [4.69, 9.17) is 0 Å². The first-order valence-corrected chi connectivity index (χ1v) is 27.6. The number of hydrogen-bond acceptors (Lipinski definition) is 5. The zero-order chi connectivity index (χ0) is 44.5. The second-order valence-electron chi connectivity index (χ2n) is 19.3. The van der Waals surface area contributed by atoms with Crippen LogP contribution in [0.15, 0.2) is 12.2 Å². The Morgan fingerprint density at radius 1 is 0.393 bits per heavy atom. The van der Waals surface area contributed by atoms with Gasteiger partial charge in [0.05, 0.1) is 18.8 Å². The Balaban J connectivity index is 3.58. The third-order valence-corrected chi connectivity index (χ3v) is 13.2. The summed E-state index contributed by atoms with van der Waals surface area (Å²) in [6.07, 6.45) is 58.7. The van der Waals surface area contributed by atoms with Gasteiger partial charge in [0, 0.05) is 0 Å². The zero-order valence-corrected chi connectivity index (χ0v) is 41.2. The maximum absolute atomic E-state index is 12.5. The van der Waals surface area contributed by atoms with Gasteiger partial charge in [-0.3, -0.25) is 4.79 Å². The topological polar surface area (TPSA) is 110 Å².